The van der Waals surface area contributed by atoms with Crippen LogP contribution in [0.15, 0.2) is 0 Å². The summed E-state index contributed by atoms with van der Waals surface area (Å²) in [6.07, 6.45) is 9.69. The highest BCUT2D eigenvalue weighted by Gasteiger charge is 2.11. The van der Waals surface area contributed by atoms with Gasteiger partial charge in [0.2, 0.25) is 0 Å². The predicted octanol–water partition coefficient (Wildman–Crippen LogP) is 3.65. The van der Waals surface area contributed by atoms with Crippen LogP contribution in [-0.2, 0) is 19.0 Å². The van der Waals surface area contributed by atoms with Crippen LogP contribution in [-0.4, -0.2) is 64.5 Å². The Kier molecular flexibility index (Phi) is 16.7. The minimum absolute atomic E-state index is 0.129. The summed E-state index contributed by atoms with van der Waals surface area (Å²) in [7, 11) is 5.56. The van der Waals surface area contributed by atoms with Crippen LogP contribution >= 0.6 is 0 Å². The van der Waals surface area contributed by atoms with Crippen molar-refractivity contribution < 1.29 is 19.0 Å². The van der Waals surface area contributed by atoms with Crippen molar-refractivity contribution in [1.82, 2.24) is 4.90 Å². The Morgan fingerprint density at radius 3 is 1.92 bits per heavy atom. The second-order valence-electron chi connectivity index (χ2n) is 6.57. The standard InChI is InChI=1S/C19H39NO4/c1-5-6-7-8-11-14-23-16-18(20(2)3)17-24-15-12-9-10-13-19(21)22-4/h18H,5-17H2,1-4H3. The van der Waals surface area contributed by atoms with Crippen molar-refractivity contribution in [3.05, 3.63) is 0 Å². The molecule has 5 heteroatoms. The fourth-order valence-electron chi connectivity index (χ4n) is 2.34. The molecule has 0 saturated heterocycles. The van der Waals surface area contributed by atoms with Crippen LogP contribution in [0.4, 0.5) is 0 Å². The highest BCUT2D eigenvalue weighted by atomic mass is 16.5. The lowest BCUT2D eigenvalue weighted by Crippen LogP contribution is -2.37. The molecule has 1 atom stereocenters. The molecule has 0 aliphatic heterocycles. The molecular formula is C19H39NO4. The minimum atomic E-state index is -0.129. The van der Waals surface area contributed by atoms with Crippen LogP contribution in [0.25, 0.3) is 0 Å². The van der Waals surface area contributed by atoms with Crippen molar-refractivity contribution in [3.63, 3.8) is 0 Å². The average molecular weight is 346 g/mol. The highest BCUT2D eigenvalue weighted by molar-refractivity contribution is 5.68. The Morgan fingerprint density at radius 2 is 1.42 bits per heavy atom. The number of likely N-dealkylation sites (N-methyl/N-ethyl adjacent to an activating group) is 1. The first-order chi connectivity index (χ1) is 11.6. The first-order valence-corrected chi connectivity index (χ1v) is 9.50. The Hall–Kier alpha value is -0.650. The van der Waals surface area contributed by atoms with Crippen LogP contribution in [0.1, 0.15) is 64.7 Å². The summed E-state index contributed by atoms with van der Waals surface area (Å²) in [5, 5.41) is 0. The Labute approximate surface area is 149 Å². The van der Waals surface area contributed by atoms with Crippen LogP contribution in [0, 0.1) is 0 Å². The van der Waals surface area contributed by atoms with E-state index in [1.165, 1.54) is 32.8 Å². The van der Waals surface area contributed by atoms with Gasteiger partial charge in [-0.05, 0) is 33.4 Å². The minimum Gasteiger partial charge on any atom is -0.469 e. The van der Waals surface area contributed by atoms with Gasteiger partial charge in [-0.25, -0.2) is 0 Å². The monoisotopic (exact) mass is 345 g/mol. The van der Waals surface area contributed by atoms with Crippen LogP contribution in [0.3, 0.4) is 0 Å². The smallest absolute Gasteiger partial charge is 0.305 e. The van der Waals surface area contributed by atoms with E-state index in [0.29, 0.717) is 19.1 Å². The SMILES string of the molecule is CCCCCCCOCC(COCCCCCC(=O)OC)N(C)C. The summed E-state index contributed by atoms with van der Waals surface area (Å²) < 4.78 is 16.2. The molecule has 0 rings (SSSR count). The van der Waals surface area contributed by atoms with Crippen molar-refractivity contribution in [2.45, 2.75) is 70.8 Å². The second-order valence-corrected chi connectivity index (χ2v) is 6.57. The number of carbonyl (C=O) groups excluding carboxylic acids is 1. The second kappa shape index (κ2) is 17.2. The molecule has 0 aliphatic carbocycles. The molecule has 0 aliphatic rings. The van der Waals surface area contributed by atoms with Crippen molar-refractivity contribution in [2.24, 2.45) is 0 Å². The number of rotatable bonds is 17. The van der Waals surface area contributed by atoms with Crippen molar-refractivity contribution in [3.8, 4) is 0 Å². The van der Waals surface area contributed by atoms with Gasteiger partial charge < -0.3 is 19.1 Å². The molecule has 0 aromatic heterocycles. The van der Waals surface area contributed by atoms with Crippen LogP contribution in [0.2, 0.25) is 0 Å². The number of methoxy groups -OCH3 is 1. The maximum absolute atomic E-state index is 11.0. The molecule has 0 spiro atoms. The number of hydrogen-bond acceptors (Lipinski definition) is 5. The van der Waals surface area contributed by atoms with E-state index < -0.39 is 0 Å². The number of carbonyl (C=O) groups is 1. The molecular weight excluding hydrogens is 306 g/mol. The Bertz CT molecular complexity index is 285. The third kappa shape index (κ3) is 14.9. The summed E-state index contributed by atoms with van der Waals surface area (Å²) in [6.45, 7) is 5.24. The van der Waals surface area contributed by atoms with Gasteiger partial charge in [-0.3, -0.25) is 4.79 Å². The molecule has 0 aromatic carbocycles. The molecule has 1 unspecified atom stereocenters. The topological polar surface area (TPSA) is 48.0 Å². The van der Waals surface area contributed by atoms with Gasteiger partial charge in [0.05, 0.1) is 26.4 Å². The van der Waals surface area contributed by atoms with E-state index in [0.717, 1.165) is 45.5 Å². The highest BCUT2D eigenvalue weighted by Crippen LogP contribution is 2.05. The van der Waals surface area contributed by atoms with Gasteiger partial charge in [0.15, 0.2) is 0 Å². The van der Waals surface area contributed by atoms with Crippen LogP contribution in [0.5, 0.6) is 0 Å². The summed E-state index contributed by atoms with van der Waals surface area (Å²) in [4.78, 5) is 13.2. The van der Waals surface area contributed by atoms with Crippen LogP contribution < -0.4 is 0 Å². The lowest BCUT2D eigenvalue weighted by molar-refractivity contribution is -0.140. The quantitative estimate of drug-likeness (QED) is 0.297. The first-order valence-electron chi connectivity index (χ1n) is 9.50. The van der Waals surface area contributed by atoms with Gasteiger partial charge in [-0.15, -0.1) is 0 Å². The number of esters is 1. The fourth-order valence-corrected chi connectivity index (χ4v) is 2.34. The molecule has 5 nitrogen and oxygen atoms in total. The maximum atomic E-state index is 11.0. The van der Waals surface area contributed by atoms with E-state index in [4.69, 9.17) is 9.47 Å². The summed E-state index contributed by atoms with van der Waals surface area (Å²) in [5.74, 6) is -0.129. The lowest BCUT2D eigenvalue weighted by atomic mass is 10.2. The summed E-state index contributed by atoms with van der Waals surface area (Å²) in [6, 6.07) is 0.302. The molecule has 0 heterocycles. The molecule has 0 bridgehead atoms. The Balaban J connectivity index is 3.54. The van der Waals surface area contributed by atoms with E-state index in [2.05, 4.69) is 30.7 Å². The van der Waals surface area contributed by atoms with Crippen molar-refractivity contribution in [1.29, 1.82) is 0 Å². The molecule has 144 valence electrons. The van der Waals surface area contributed by atoms with Gasteiger partial charge in [0, 0.05) is 19.6 Å². The third-order valence-corrected chi connectivity index (χ3v) is 4.14. The lowest BCUT2D eigenvalue weighted by Gasteiger charge is -2.24. The van der Waals surface area contributed by atoms with Crippen molar-refractivity contribution in [2.75, 3.05) is 47.6 Å². The van der Waals surface area contributed by atoms with E-state index in [9.17, 15) is 4.79 Å². The molecule has 0 fully saturated rings. The number of ether oxygens (including phenoxy) is 3. The van der Waals surface area contributed by atoms with Crippen molar-refractivity contribution >= 4 is 5.97 Å². The molecule has 0 radical (unpaired) electrons. The van der Waals surface area contributed by atoms with E-state index in [1.807, 2.05) is 0 Å². The molecule has 24 heavy (non-hydrogen) atoms. The summed E-state index contributed by atoms with van der Waals surface area (Å²) >= 11 is 0. The fraction of sp³-hybridized carbons (Fsp3) is 0.947. The summed E-state index contributed by atoms with van der Waals surface area (Å²) in [5.41, 5.74) is 0. The third-order valence-electron chi connectivity index (χ3n) is 4.14. The molecule has 0 aromatic rings. The normalized spacial score (nSPS) is 12.5. The molecule has 0 saturated carbocycles. The number of unbranched alkanes of at least 4 members (excludes halogenated alkanes) is 6. The first kappa shape index (κ1) is 23.4. The van der Waals surface area contributed by atoms with E-state index in [1.54, 1.807) is 0 Å². The molecule has 0 N–H and O–H groups in total. The zero-order chi connectivity index (χ0) is 18.0. The van der Waals surface area contributed by atoms with Gasteiger partial charge in [-0.1, -0.05) is 39.0 Å². The number of hydrogen-bond donors (Lipinski definition) is 0. The van der Waals surface area contributed by atoms with E-state index >= 15 is 0 Å². The zero-order valence-electron chi connectivity index (χ0n) is 16.3. The number of nitrogens with zero attached hydrogens (tertiary/aromatic N) is 1. The van der Waals surface area contributed by atoms with Gasteiger partial charge in [0.1, 0.15) is 0 Å². The van der Waals surface area contributed by atoms with Gasteiger partial charge in [0.25, 0.3) is 0 Å². The maximum Gasteiger partial charge on any atom is 0.305 e. The predicted molar refractivity (Wildman–Crippen MR) is 98.4 cm³/mol. The zero-order valence-corrected chi connectivity index (χ0v) is 16.3. The van der Waals surface area contributed by atoms with Gasteiger partial charge >= 0.3 is 5.97 Å². The average Bonchev–Trinajstić information content (AvgIpc) is 2.57. The largest absolute Gasteiger partial charge is 0.469 e. The molecule has 0 amide bonds. The van der Waals surface area contributed by atoms with E-state index in [-0.39, 0.29) is 5.97 Å². The van der Waals surface area contributed by atoms with Gasteiger partial charge in [-0.2, -0.15) is 0 Å². The Morgan fingerprint density at radius 1 is 0.875 bits per heavy atom.